The van der Waals surface area contributed by atoms with Gasteiger partial charge in [0.2, 0.25) is 5.28 Å². The summed E-state index contributed by atoms with van der Waals surface area (Å²) in [6.07, 6.45) is 8.40. The molecule has 2 N–H and O–H groups in total. The van der Waals surface area contributed by atoms with Crippen LogP contribution in [-0.4, -0.2) is 37.8 Å². The third-order valence-electron chi connectivity index (χ3n) is 3.55. The molecule has 0 fully saturated rings. The summed E-state index contributed by atoms with van der Waals surface area (Å²) >= 11 is 6.01. The molecule has 6 nitrogen and oxygen atoms in total. The van der Waals surface area contributed by atoms with Gasteiger partial charge in [0.1, 0.15) is 0 Å². The number of anilines is 1. The van der Waals surface area contributed by atoms with E-state index in [9.17, 15) is 5.11 Å². The molecule has 0 saturated heterocycles. The quantitative estimate of drug-likeness (QED) is 0.654. The predicted molar refractivity (Wildman–Crippen MR) is 82.4 cm³/mol. The number of nitrogens with one attached hydrogen (secondary N) is 1. The maximum atomic E-state index is 9.24. The lowest BCUT2D eigenvalue weighted by Crippen LogP contribution is -2.08. The number of rotatable bonds is 5. The number of aliphatic hydroxyl groups excluding tert-OH is 1. The Hall–Kier alpha value is -1.92. The molecule has 0 aliphatic heterocycles. The monoisotopic (exact) mass is 305 g/mol. The maximum absolute atomic E-state index is 9.24. The van der Waals surface area contributed by atoms with E-state index < -0.39 is 0 Å². The van der Waals surface area contributed by atoms with Crippen molar-refractivity contribution in [3.8, 4) is 0 Å². The van der Waals surface area contributed by atoms with Crippen molar-refractivity contribution in [1.29, 1.82) is 0 Å². The molecular formula is C14H16ClN5O. The van der Waals surface area contributed by atoms with Gasteiger partial charge < -0.3 is 15.0 Å². The van der Waals surface area contributed by atoms with Crippen LogP contribution in [0.3, 0.4) is 0 Å². The van der Waals surface area contributed by atoms with Gasteiger partial charge in [0.25, 0.3) is 0 Å². The highest BCUT2D eigenvalue weighted by atomic mass is 35.5. The fourth-order valence-corrected chi connectivity index (χ4v) is 2.68. The summed E-state index contributed by atoms with van der Waals surface area (Å²) in [4.78, 5) is 12.9. The minimum atomic E-state index is 0.130. The summed E-state index contributed by atoms with van der Waals surface area (Å²) in [5.41, 5.74) is 1.37. The largest absolute Gasteiger partial charge is 0.396 e. The third kappa shape index (κ3) is 2.64. The second-order valence-electron chi connectivity index (χ2n) is 4.97. The van der Waals surface area contributed by atoms with Crippen LogP contribution in [-0.2, 0) is 0 Å². The summed E-state index contributed by atoms with van der Waals surface area (Å²) in [6, 6.07) is 0.130. The summed E-state index contributed by atoms with van der Waals surface area (Å²) in [6.45, 7) is 4.40. The van der Waals surface area contributed by atoms with Gasteiger partial charge in [-0.15, -0.1) is 6.58 Å². The minimum absolute atomic E-state index is 0.130. The molecule has 0 unspecified atom stereocenters. The molecule has 2 heterocycles. The number of nitrogens with zero attached hydrogens (tertiary/aromatic N) is 4. The maximum Gasteiger partial charge on any atom is 0.226 e. The first-order valence-corrected chi connectivity index (χ1v) is 7.14. The van der Waals surface area contributed by atoms with Crippen molar-refractivity contribution in [3.05, 3.63) is 36.4 Å². The van der Waals surface area contributed by atoms with E-state index in [0.29, 0.717) is 23.5 Å². The van der Waals surface area contributed by atoms with Gasteiger partial charge >= 0.3 is 0 Å². The Labute approximate surface area is 127 Å². The van der Waals surface area contributed by atoms with Crippen LogP contribution in [0.5, 0.6) is 0 Å². The Balaban J connectivity index is 2.00. The van der Waals surface area contributed by atoms with Crippen molar-refractivity contribution in [3.63, 3.8) is 0 Å². The average Bonchev–Trinajstić information content (AvgIpc) is 3.10. The molecule has 0 aromatic carbocycles. The van der Waals surface area contributed by atoms with Crippen molar-refractivity contribution >= 4 is 28.6 Å². The molecule has 0 saturated carbocycles. The molecule has 1 aliphatic carbocycles. The van der Waals surface area contributed by atoms with E-state index in [2.05, 4.69) is 32.9 Å². The highest BCUT2D eigenvalue weighted by Gasteiger charge is 2.22. The van der Waals surface area contributed by atoms with Crippen LogP contribution < -0.4 is 5.32 Å². The fourth-order valence-electron chi connectivity index (χ4n) is 2.52. The van der Waals surface area contributed by atoms with Crippen molar-refractivity contribution in [2.45, 2.75) is 12.5 Å². The van der Waals surface area contributed by atoms with Crippen LogP contribution in [0.4, 0.5) is 5.82 Å². The first-order valence-electron chi connectivity index (χ1n) is 6.77. The molecule has 0 amide bonds. The average molecular weight is 306 g/mol. The van der Waals surface area contributed by atoms with Gasteiger partial charge in [-0.25, -0.2) is 4.98 Å². The van der Waals surface area contributed by atoms with Gasteiger partial charge in [0, 0.05) is 19.1 Å². The smallest absolute Gasteiger partial charge is 0.226 e. The molecule has 21 heavy (non-hydrogen) atoms. The summed E-state index contributed by atoms with van der Waals surface area (Å²) in [5.74, 6) is 0.785. The van der Waals surface area contributed by atoms with Crippen molar-refractivity contribution in [1.82, 2.24) is 19.5 Å². The zero-order chi connectivity index (χ0) is 14.8. The lowest BCUT2D eigenvalue weighted by Gasteiger charge is -2.13. The Bertz CT molecular complexity index is 696. The number of fused-ring (bicyclic) bond motifs is 1. The molecule has 0 spiro atoms. The Morgan fingerprint density at radius 3 is 3.05 bits per heavy atom. The van der Waals surface area contributed by atoms with Crippen molar-refractivity contribution in [2.75, 3.05) is 18.5 Å². The first kappa shape index (κ1) is 14.0. The second-order valence-corrected chi connectivity index (χ2v) is 5.30. The molecular weight excluding hydrogens is 290 g/mol. The third-order valence-corrected chi connectivity index (χ3v) is 3.72. The van der Waals surface area contributed by atoms with Crippen LogP contribution in [0.25, 0.3) is 11.2 Å². The minimum Gasteiger partial charge on any atom is -0.396 e. The van der Waals surface area contributed by atoms with E-state index in [4.69, 9.17) is 11.6 Å². The number of halogens is 1. The molecule has 110 valence electrons. The summed E-state index contributed by atoms with van der Waals surface area (Å²) < 4.78 is 1.97. The van der Waals surface area contributed by atoms with Gasteiger partial charge in [0.05, 0.1) is 12.4 Å². The van der Waals surface area contributed by atoms with Gasteiger partial charge in [-0.2, -0.15) is 9.97 Å². The highest BCUT2D eigenvalue weighted by molar-refractivity contribution is 6.28. The zero-order valence-electron chi connectivity index (χ0n) is 11.4. The molecule has 3 rings (SSSR count). The van der Waals surface area contributed by atoms with E-state index in [-0.39, 0.29) is 23.9 Å². The van der Waals surface area contributed by atoms with E-state index >= 15 is 0 Å². The number of aromatic nitrogens is 4. The first-order chi connectivity index (χ1) is 10.2. The SMILES string of the molecule is C=CCNc1nc(Cl)nc2c1ncn2[C@H]1C=C[C@@H](CO)C1. The molecule has 0 radical (unpaired) electrons. The Morgan fingerprint density at radius 1 is 1.48 bits per heavy atom. The predicted octanol–water partition coefficient (Wildman–Crippen LogP) is 2.19. The summed E-state index contributed by atoms with van der Waals surface area (Å²) in [5, 5.41) is 12.5. The van der Waals surface area contributed by atoms with Crippen molar-refractivity contribution < 1.29 is 5.11 Å². The molecule has 0 bridgehead atoms. The van der Waals surface area contributed by atoms with Gasteiger partial charge in [-0.3, -0.25) is 0 Å². The summed E-state index contributed by atoms with van der Waals surface area (Å²) in [7, 11) is 0. The van der Waals surface area contributed by atoms with E-state index in [1.54, 1.807) is 12.4 Å². The number of hydrogen-bond acceptors (Lipinski definition) is 5. The van der Waals surface area contributed by atoms with Crippen LogP contribution >= 0.6 is 11.6 Å². The van der Waals surface area contributed by atoms with E-state index in [1.165, 1.54) is 0 Å². The number of hydrogen-bond donors (Lipinski definition) is 2. The molecule has 2 aromatic heterocycles. The highest BCUT2D eigenvalue weighted by Crippen LogP contribution is 2.31. The van der Waals surface area contributed by atoms with E-state index in [0.717, 1.165) is 6.42 Å². The Morgan fingerprint density at radius 2 is 2.33 bits per heavy atom. The number of aliphatic hydroxyl groups is 1. The van der Waals surface area contributed by atoms with Crippen LogP contribution in [0.1, 0.15) is 12.5 Å². The number of imidazole rings is 1. The Kier molecular flexibility index (Phi) is 3.90. The number of allylic oxidation sites excluding steroid dienone is 1. The van der Waals surface area contributed by atoms with E-state index in [1.807, 2.05) is 10.6 Å². The molecule has 2 atom stereocenters. The van der Waals surface area contributed by atoms with Crippen LogP contribution in [0.15, 0.2) is 31.1 Å². The molecule has 2 aromatic rings. The van der Waals surface area contributed by atoms with Crippen LogP contribution in [0.2, 0.25) is 5.28 Å². The lowest BCUT2D eigenvalue weighted by atomic mass is 10.1. The molecule has 1 aliphatic rings. The van der Waals surface area contributed by atoms with Crippen LogP contribution in [0, 0.1) is 5.92 Å². The fraction of sp³-hybridized carbons (Fsp3) is 0.357. The van der Waals surface area contributed by atoms with Gasteiger partial charge in [-0.05, 0) is 18.0 Å². The zero-order valence-corrected chi connectivity index (χ0v) is 12.2. The molecule has 7 heteroatoms. The standard InChI is InChI=1S/C14H16ClN5O/c1-2-5-16-12-11-13(19-14(15)18-12)20(8-17-11)10-4-3-9(6-10)7-21/h2-4,8-10,21H,1,5-7H2,(H,16,18,19)/t9-,10+/m1/s1. The van der Waals surface area contributed by atoms with Gasteiger partial charge in [0.15, 0.2) is 17.0 Å². The topological polar surface area (TPSA) is 75.9 Å². The van der Waals surface area contributed by atoms with Gasteiger partial charge in [-0.1, -0.05) is 18.2 Å². The second kappa shape index (κ2) is 5.83. The lowest BCUT2D eigenvalue weighted by molar-refractivity contribution is 0.244. The normalized spacial score (nSPS) is 21.0. The van der Waals surface area contributed by atoms with Crippen molar-refractivity contribution in [2.24, 2.45) is 5.92 Å².